The summed E-state index contributed by atoms with van der Waals surface area (Å²) in [7, 11) is 4.69. The topological polar surface area (TPSA) is 90.2 Å². The normalized spacial score (nSPS) is 15.1. The Hall–Kier alpha value is -3.59. The zero-order chi connectivity index (χ0) is 24.1. The van der Waals surface area contributed by atoms with Crippen LogP contribution in [0.15, 0.2) is 47.0 Å². The Morgan fingerprint density at radius 3 is 2.24 bits per heavy atom. The highest BCUT2D eigenvalue weighted by Crippen LogP contribution is 2.38. The lowest BCUT2D eigenvalue weighted by Gasteiger charge is -2.36. The minimum Gasteiger partial charge on any atom is -0.493 e. The van der Waals surface area contributed by atoms with E-state index in [0.717, 1.165) is 24.2 Å². The molecule has 0 aliphatic carbocycles. The van der Waals surface area contributed by atoms with Gasteiger partial charge in [-0.3, -0.25) is 9.69 Å². The van der Waals surface area contributed by atoms with Crippen LogP contribution in [-0.4, -0.2) is 73.4 Å². The van der Waals surface area contributed by atoms with Gasteiger partial charge in [0.2, 0.25) is 23.4 Å². The largest absolute Gasteiger partial charge is 0.493 e. The van der Waals surface area contributed by atoms with E-state index in [1.54, 1.807) is 21.3 Å². The highest BCUT2D eigenvalue weighted by atomic mass is 16.5. The molecule has 3 aromatic rings. The summed E-state index contributed by atoms with van der Waals surface area (Å²) in [5, 5.41) is 4.13. The van der Waals surface area contributed by atoms with E-state index in [-0.39, 0.29) is 18.4 Å². The summed E-state index contributed by atoms with van der Waals surface area (Å²) < 4.78 is 21.7. The summed E-state index contributed by atoms with van der Waals surface area (Å²) in [6.07, 6.45) is 0.260. The van der Waals surface area contributed by atoms with E-state index in [1.807, 2.05) is 47.4 Å². The Balaban J connectivity index is 1.36. The maximum Gasteiger partial charge on any atom is 0.244 e. The van der Waals surface area contributed by atoms with Crippen molar-refractivity contribution in [3.63, 3.8) is 0 Å². The molecular formula is C25H30N4O5. The lowest BCUT2D eigenvalue weighted by molar-refractivity contribution is -0.132. The summed E-state index contributed by atoms with van der Waals surface area (Å²) in [6.45, 7) is 4.77. The van der Waals surface area contributed by atoms with Crippen LogP contribution in [-0.2, 0) is 11.2 Å². The summed E-state index contributed by atoms with van der Waals surface area (Å²) in [5.74, 6) is 2.82. The third kappa shape index (κ3) is 4.99. The second-order valence-corrected chi connectivity index (χ2v) is 8.13. The first-order valence-electron chi connectivity index (χ1n) is 11.2. The molecular weight excluding hydrogens is 436 g/mol. The Morgan fingerprint density at radius 2 is 1.65 bits per heavy atom. The van der Waals surface area contributed by atoms with Crippen LogP contribution in [0.1, 0.15) is 24.4 Å². The Kier molecular flexibility index (Phi) is 7.32. The number of piperazine rings is 1. The predicted octanol–water partition coefficient (Wildman–Crippen LogP) is 3.21. The van der Waals surface area contributed by atoms with E-state index in [2.05, 4.69) is 22.0 Å². The molecule has 9 heteroatoms. The molecule has 1 aromatic heterocycles. The number of rotatable bonds is 8. The van der Waals surface area contributed by atoms with E-state index < -0.39 is 0 Å². The van der Waals surface area contributed by atoms with Crippen LogP contribution < -0.4 is 14.2 Å². The molecule has 0 saturated carbocycles. The van der Waals surface area contributed by atoms with E-state index in [4.69, 9.17) is 18.7 Å². The molecule has 2 heterocycles. The number of methoxy groups -OCH3 is 3. The fraction of sp³-hybridized carbons (Fsp3) is 0.400. The van der Waals surface area contributed by atoms with Gasteiger partial charge in [0.05, 0.1) is 33.8 Å². The highest BCUT2D eigenvalue weighted by molar-refractivity contribution is 5.79. The Bertz CT molecular complexity index is 1080. The molecule has 0 N–H and O–H groups in total. The molecule has 1 atom stereocenters. The van der Waals surface area contributed by atoms with Gasteiger partial charge in [0.15, 0.2) is 11.5 Å². The SMILES string of the molecule is COc1cc(CC(=O)N2CCN(C(C)c3nc(-c4ccccc4)no3)CC2)cc(OC)c1OC. The number of nitrogens with zero attached hydrogens (tertiary/aromatic N) is 4. The van der Waals surface area contributed by atoms with Crippen molar-refractivity contribution in [3.8, 4) is 28.6 Å². The molecule has 9 nitrogen and oxygen atoms in total. The van der Waals surface area contributed by atoms with Crippen LogP contribution in [0.2, 0.25) is 0 Å². The molecule has 0 bridgehead atoms. The third-order valence-corrected chi connectivity index (χ3v) is 6.13. The summed E-state index contributed by atoms with van der Waals surface area (Å²) in [4.78, 5) is 21.7. The van der Waals surface area contributed by atoms with Crippen molar-refractivity contribution >= 4 is 5.91 Å². The minimum absolute atomic E-state index is 0.0303. The quantitative estimate of drug-likeness (QED) is 0.500. The number of hydrogen-bond acceptors (Lipinski definition) is 8. The fourth-order valence-corrected chi connectivity index (χ4v) is 4.15. The van der Waals surface area contributed by atoms with Crippen molar-refractivity contribution in [2.45, 2.75) is 19.4 Å². The van der Waals surface area contributed by atoms with Gasteiger partial charge >= 0.3 is 0 Å². The number of carbonyl (C=O) groups is 1. The Labute approximate surface area is 199 Å². The van der Waals surface area contributed by atoms with Crippen LogP contribution in [0.4, 0.5) is 0 Å². The van der Waals surface area contributed by atoms with Crippen molar-refractivity contribution in [1.82, 2.24) is 19.9 Å². The second-order valence-electron chi connectivity index (χ2n) is 8.13. The number of benzene rings is 2. The zero-order valence-corrected chi connectivity index (χ0v) is 20.0. The van der Waals surface area contributed by atoms with Crippen molar-refractivity contribution in [3.05, 3.63) is 53.9 Å². The number of aromatic nitrogens is 2. The lowest BCUT2D eigenvalue weighted by Crippen LogP contribution is -2.49. The summed E-state index contributed by atoms with van der Waals surface area (Å²) >= 11 is 0. The maximum atomic E-state index is 13.0. The third-order valence-electron chi connectivity index (χ3n) is 6.13. The molecule has 0 radical (unpaired) electrons. The molecule has 1 amide bonds. The number of ether oxygens (including phenoxy) is 3. The first-order chi connectivity index (χ1) is 16.5. The first-order valence-corrected chi connectivity index (χ1v) is 11.2. The van der Waals surface area contributed by atoms with E-state index in [1.165, 1.54) is 0 Å². The molecule has 4 rings (SSSR count). The average Bonchev–Trinajstić information content (AvgIpc) is 3.38. The zero-order valence-electron chi connectivity index (χ0n) is 20.0. The molecule has 1 aliphatic heterocycles. The van der Waals surface area contributed by atoms with Gasteiger partial charge in [0.25, 0.3) is 0 Å². The molecule has 2 aromatic carbocycles. The van der Waals surface area contributed by atoms with Gasteiger partial charge in [-0.25, -0.2) is 0 Å². The van der Waals surface area contributed by atoms with Crippen LogP contribution in [0, 0.1) is 0 Å². The Morgan fingerprint density at radius 1 is 1.00 bits per heavy atom. The summed E-state index contributed by atoms with van der Waals surface area (Å²) in [6, 6.07) is 13.4. The molecule has 1 aliphatic rings. The lowest BCUT2D eigenvalue weighted by atomic mass is 10.1. The number of carbonyl (C=O) groups excluding carboxylic acids is 1. The van der Waals surface area contributed by atoms with Crippen LogP contribution in [0.3, 0.4) is 0 Å². The van der Waals surface area contributed by atoms with Gasteiger partial charge in [0, 0.05) is 31.7 Å². The molecule has 34 heavy (non-hydrogen) atoms. The smallest absolute Gasteiger partial charge is 0.244 e. The average molecular weight is 467 g/mol. The van der Waals surface area contributed by atoms with Crippen molar-refractivity contribution in [2.24, 2.45) is 0 Å². The molecule has 1 unspecified atom stereocenters. The van der Waals surface area contributed by atoms with Gasteiger partial charge in [-0.15, -0.1) is 0 Å². The van der Waals surface area contributed by atoms with Crippen LogP contribution in [0.25, 0.3) is 11.4 Å². The minimum atomic E-state index is -0.0303. The molecule has 1 saturated heterocycles. The van der Waals surface area contributed by atoms with Gasteiger partial charge in [-0.2, -0.15) is 4.98 Å². The monoisotopic (exact) mass is 466 g/mol. The van der Waals surface area contributed by atoms with Gasteiger partial charge in [-0.05, 0) is 24.6 Å². The summed E-state index contributed by atoms with van der Waals surface area (Å²) in [5.41, 5.74) is 1.74. The van der Waals surface area contributed by atoms with E-state index in [0.29, 0.717) is 42.1 Å². The van der Waals surface area contributed by atoms with Crippen LogP contribution >= 0.6 is 0 Å². The number of hydrogen-bond donors (Lipinski definition) is 0. The van der Waals surface area contributed by atoms with Crippen molar-refractivity contribution in [1.29, 1.82) is 0 Å². The molecule has 1 fully saturated rings. The van der Waals surface area contributed by atoms with Crippen molar-refractivity contribution in [2.75, 3.05) is 47.5 Å². The van der Waals surface area contributed by atoms with Gasteiger partial charge < -0.3 is 23.6 Å². The molecule has 0 spiro atoms. The van der Waals surface area contributed by atoms with Crippen LogP contribution in [0.5, 0.6) is 17.2 Å². The first kappa shape index (κ1) is 23.6. The van der Waals surface area contributed by atoms with Gasteiger partial charge in [-0.1, -0.05) is 35.5 Å². The molecule has 180 valence electrons. The van der Waals surface area contributed by atoms with E-state index >= 15 is 0 Å². The highest BCUT2D eigenvalue weighted by Gasteiger charge is 2.28. The maximum absolute atomic E-state index is 13.0. The second kappa shape index (κ2) is 10.6. The number of amides is 1. The standard InChI is InChI=1S/C25H30N4O5/c1-17(25-26-24(27-34-25)19-8-6-5-7-9-19)28-10-12-29(13-11-28)22(30)16-18-14-20(31-2)23(33-4)21(15-18)32-3/h5-9,14-15,17H,10-13,16H2,1-4H3. The van der Waals surface area contributed by atoms with Gasteiger partial charge in [0.1, 0.15) is 0 Å². The predicted molar refractivity (Wildman–Crippen MR) is 126 cm³/mol. The fourth-order valence-electron chi connectivity index (χ4n) is 4.15. The van der Waals surface area contributed by atoms with E-state index in [9.17, 15) is 4.79 Å². The van der Waals surface area contributed by atoms with Crippen molar-refractivity contribution < 1.29 is 23.5 Å².